The number of nitrogens with two attached hydrogens (primary N) is 1. The number of carbonyl (C=O) groups excluding carboxylic acids is 5. The second-order valence-corrected chi connectivity index (χ2v) is 32.5. The Kier molecular flexibility index (Phi) is 22.7. The van der Waals surface area contributed by atoms with E-state index in [1.165, 1.54) is 38.8 Å². The van der Waals surface area contributed by atoms with E-state index < -0.39 is 11.6 Å². The van der Waals surface area contributed by atoms with Crippen molar-refractivity contribution >= 4 is 97.5 Å². The number of carbonyl (C=O) groups is 5. The molecule has 0 saturated carbocycles. The van der Waals surface area contributed by atoms with E-state index in [1.54, 1.807) is 43.8 Å². The van der Waals surface area contributed by atoms with Crippen LogP contribution in [0.15, 0.2) is 147 Å². The number of fused-ring (bicyclic) bond motifs is 3. The molecular formula is C82H91N15O6S3. The molecule has 0 unspecified atom stereocenters. The fourth-order valence-electron chi connectivity index (χ4n) is 13.5. The van der Waals surface area contributed by atoms with Gasteiger partial charge in [-0.25, -0.2) is 24.5 Å². The molecule has 2 N–H and O–H groups in total. The number of primary amides is 1. The lowest BCUT2D eigenvalue weighted by Crippen LogP contribution is -2.50. The summed E-state index contributed by atoms with van der Waals surface area (Å²) in [6.45, 7) is 24.5. The Labute approximate surface area is 630 Å². The number of urea groups is 1. The van der Waals surface area contributed by atoms with Crippen molar-refractivity contribution < 1.29 is 28.7 Å². The minimum absolute atomic E-state index is 0.0755. The highest BCUT2D eigenvalue weighted by Crippen LogP contribution is 2.37. The van der Waals surface area contributed by atoms with Crippen LogP contribution in [0.3, 0.4) is 0 Å². The Balaban J connectivity index is 0.000000141. The molecule has 3 aliphatic rings. The van der Waals surface area contributed by atoms with E-state index in [-0.39, 0.29) is 23.4 Å². The summed E-state index contributed by atoms with van der Waals surface area (Å²) < 4.78 is 11.8. The molecule has 3 fully saturated rings. The number of nitrogens with zero attached hydrogens (tertiary/aromatic N) is 14. The van der Waals surface area contributed by atoms with E-state index in [4.69, 9.17) is 25.4 Å². The molecule has 0 radical (unpaired) electrons. The predicted octanol–water partition coefficient (Wildman–Crippen LogP) is 15.9. The van der Waals surface area contributed by atoms with Crippen molar-refractivity contribution in [3.8, 4) is 31.7 Å². The molecule has 0 spiro atoms. The summed E-state index contributed by atoms with van der Waals surface area (Å²) in [4.78, 5) is 109. The van der Waals surface area contributed by atoms with Gasteiger partial charge in [-0.15, -0.1) is 34.0 Å². The smallest absolute Gasteiger partial charge is 0.410 e. The van der Waals surface area contributed by atoms with Gasteiger partial charge in [0.15, 0.2) is 34.3 Å². The second kappa shape index (κ2) is 32.5. The van der Waals surface area contributed by atoms with Crippen LogP contribution in [-0.2, 0) is 24.0 Å². The van der Waals surface area contributed by atoms with Crippen LogP contribution in [0.25, 0.3) is 48.7 Å². The van der Waals surface area contributed by atoms with Gasteiger partial charge >= 0.3 is 12.1 Å². The van der Waals surface area contributed by atoms with Crippen molar-refractivity contribution in [2.75, 3.05) is 80.1 Å². The molecule has 24 heteroatoms. The number of imidazole rings is 3. The molecule has 3 amide bonds. The van der Waals surface area contributed by atoms with Crippen LogP contribution in [0.1, 0.15) is 139 Å². The van der Waals surface area contributed by atoms with Gasteiger partial charge in [-0.2, -0.15) is 0 Å². The molecule has 0 bridgehead atoms. The number of aryl methyl sites for hydroxylation is 9. The number of Topliss-reactive ketones (excluding diaryl/α,β-unsaturated/α-hetero) is 3. The molecular weight excluding hydrogens is 1390 g/mol. The maximum Gasteiger partial charge on any atom is 0.410 e. The Morgan fingerprint density at radius 2 is 0.736 bits per heavy atom. The summed E-state index contributed by atoms with van der Waals surface area (Å²) in [6, 6.07) is 30.3. The Morgan fingerprint density at radius 3 is 1.03 bits per heavy atom. The van der Waals surface area contributed by atoms with Crippen LogP contribution in [0.5, 0.6) is 0 Å². The molecule has 3 aliphatic heterocycles. The SMILES string of the molecule is Cc1ccc(CCC(=O)c2cc(N3CCCCC3)c3ncc(-c4ccc(C)s4)n3c2)cn1.Cc1ccc(CCC(=O)c2cc(N3CCN(C(=O)OC(C)(C)C)CC3)c3ncc(-c4ccc(C)s4)n3c2)cn1.Cc1ccc(CCC(=O)c2cc(N3CCN(C(N)=O)CC3)c3ncc(-c4ccc(C)s4)n3c2)cn1. The first-order valence-corrected chi connectivity index (χ1v) is 38.8. The van der Waals surface area contributed by atoms with Crippen LogP contribution in [-0.4, -0.2) is 153 Å². The summed E-state index contributed by atoms with van der Waals surface area (Å²) in [5.41, 5.74) is 21.5. The third-order valence-electron chi connectivity index (χ3n) is 19.4. The number of ether oxygens (including phenoxy) is 1. The topological polar surface area (TPSA) is 227 Å². The maximum absolute atomic E-state index is 13.5. The van der Waals surface area contributed by atoms with Gasteiger partial charge in [0.2, 0.25) is 0 Å². The number of thiophene rings is 3. The molecule has 15 rings (SSSR count). The fourth-order valence-corrected chi connectivity index (χ4v) is 16.2. The first-order chi connectivity index (χ1) is 51.0. The summed E-state index contributed by atoms with van der Waals surface area (Å²) in [6.07, 6.45) is 23.6. The normalized spacial score (nSPS) is 14.1. The largest absolute Gasteiger partial charge is 0.444 e. The lowest BCUT2D eigenvalue weighted by Gasteiger charge is -2.36. The van der Waals surface area contributed by atoms with E-state index >= 15 is 0 Å². The van der Waals surface area contributed by atoms with Crippen LogP contribution < -0.4 is 20.4 Å². The van der Waals surface area contributed by atoms with E-state index in [2.05, 4.69) is 103 Å². The third kappa shape index (κ3) is 17.6. The minimum Gasteiger partial charge on any atom is -0.444 e. The zero-order chi connectivity index (χ0) is 74.3. The van der Waals surface area contributed by atoms with Crippen LogP contribution in [0.4, 0.5) is 26.7 Å². The standard InChI is InChI=1S/C30H35N5O3S.C26H28N6O2S.C26H28N4OS/c1-20-6-8-22(17-31-20)9-10-26(36)23-16-24(33-12-14-34(15-13-33)29(37)38-30(3,4)5)28-32-18-25(35(28)19-23)27-11-7-21(2)39-27;1-17-3-5-19(14-28-17)6-7-23(33)20-13-21(30-9-11-31(12-10-30)26(27)34)25-29-15-22(32(25)16-20)24-8-4-18(2)35-24;1-18-6-8-20(15-27-18)9-10-24(31)21-14-22(29-12-4-3-5-13-29)26-28-16-23(30(26)17-21)25-11-7-19(2)32-25/h6-8,11,16-19H,9-10,12-15H2,1-5H3;3-5,8,13-16H,6-7,9-12H2,1-2H3,(H2,27,34);6-8,11,14-17H,3-5,9-10,12-13H2,1-2H3. The molecule has 548 valence electrons. The second-order valence-electron chi connectivity index (χ2n) is 28.6. The van der Waals surface area contributed by atoms with Crippen molar-refractivity contribution in [1.29, 1.82) is 0 Å². The van der Waals surface area contributed by atoms with E-state index in [0.29, 0.717) is 102 Å². The Hall–Kier alpha value is -10.4. The summed E-state index contributed by atoms with van der Waals surface area (Å²) in [5, 5.41) is 0. The summed E-state index contributed by atoms with van der Waals surface area (Å²) in [7, 11) is 0. The maximum atomic E-state index is 13.5. The van der Waals surface area contributed by atoms with Gasteiger partial charge in [0, 0.05) is 170 Å². The van der Waals surface area contributed by atoms with Crippen molar-refractivity contribution in [1.82, 2.24) is 52.9 Å². The number of hydrogen-bond donors (Lipinski definition) is 1. The Bertz CT molecular complexity index is 5140. The highest BCUT2D eigenvalue weighted by Gasteiger charge is 2.30. The van der Waals surface area contributed by atoms with Gasteiger partial charge in [-0.1, -0.05) is 18.2 Å². The monoisotopic (exact) mass is 1480 g/mol. The lowest BCUT2D eigenvalue weighted by atomic mass is 10.0. The van der Waals surface area contributed by atoms with Crippen molar-refractivity contribution in [2.24, 2.45) is 5.73 Å². The molecule has 3 saturated heterocycles. The number of piperidine rings is 1. The zero-order valence-corrected chi connectivity index (χ0v) is 64.3. The van der Waals surface area contributed by atoms with Gasteiger partial charge in [0.1, 0.15) is 5.60 Å². The molecule has 12 aromatic heterocycles. The molecule has 12 aromatic rings. The number of hydrogen-bond acceptors (Lipinski definition) is 18. The highest BCUT2D eigenvalue weighted by atomic mass is 32.1. The number of anilines is 3. The minimum atomic E-state index is -0.532. The van der Waals surface area contributed by atoms with Crippen molar-refractivity contribution in [3.05, 3.63) is 212 Å². The molecule has 0 atom stereocenters. The van der Waals surface area contributed by atoms with Crippen molar-refractivity contribution in [3.63, 3.8) is 0 Å². The van der Waals surface area contributed by atoms with Gasteiger partial charge in [0.05, 0.1) is 67.4 Å². The zero-order valence-electron chi connectivity index (χ0n) is 61.8. The van der Waals surface area contributed by atoms with Crippen LogP contribution in [0, 0.1) is 41.5 Å². The van der Waals surface area contributed by atoms with Crippen LogP contribution in [0.2, 0.25) is 0 Å². The summed E-state index contributed by atoms with van der Waals surface area (Å²) >= 11 is 5.17. The van der Waals surface area contributed by atoms with Crippen LogP contribution >= 0.6 is 34.0 Å². The van der Waals surface area contributed by atoms with Gasteiger partial charge in [0.25, 0.3) is 0 Å². The number of rotatable bonds is 18. The summed E-state index contributed by atoms with van der Waals surface area (Å²) in [5.74, 6) is 0.312. The first-order valence-electron chi connectivity index (χ1n) is 36.4. The molecule has 106 heavy (non-hydrogen) atoms. The van der Waals surface area contributed by atoms with Gasteiger partial charge in [-0.3, -0.25) is 42.5 Å². The number of pyridine rings is 6. The average molecular weight is 1480 g/mol. The molecule has 21 nitrogen and oxygen atoms in total. The molecule has 0 aliphatic carbocycles. The van der Waals surface area contributed by atoms with Gasteiger partial charge < -0.3 is 35.0 Å². The molecule has 0 aromatic carbocycles. The first kappa shape index (κ1) is 73.9. The van der Waals surface area contributed by atoms with Gasteiger partial charge in [-0.05, 0) is 190 Å². The Morgan fingerprint density at radius 1 is 0.406 bits per heavy atom. The quantitative estimate of drug-likeness (QED) is 0.0788. The van der Waals surface area contributed by atoms with E-state index in [0.717, 1.165) is 113 Å². The van der Waals surface area contributed by atoms with Crippen molar-refractivity contribution in [2.45, 2.75) is 126 Å². The number of ketones is 3. The number of aromatic nitrogens is 9. The molecule has 15 heterocycles. The van der Waals surface area contributed by atoms with E-state index in [1.807, 2.05) is 149 Å². The number of amides is 3. The lowest BCUT2D eigenvalue weighted by molar-refractivity contribution is 0.0240. The average Bonchev–Trinajstić information content (AvgIpc) is 1.59. The number of piperazine rings is 2. The third-order valence-corrected chi connectivity index (χ3v) is 22.5. The fraction of sp³-hybridized carbons (Fsp3) is 0.354. The predicted molar refractivity (Wildman–Crippen MR) is 424 cm³/mol. The van der Waals surface area contributed by atoms with E-state index in [9.17, 15) is 24.0 Å². The highest BCUT2D eigenvalue weighted by molar-refractivity contribution is 7.16.